The van der Waals surface area contributed by atoms with Crippen LogP contribution in [0.2, 0.25) is 0 Å². The van der Waals surface area contributed by atoms with Crippen molar-refractivity contribution in [2.24, 2.45) is 0 Å². The lowest BCUT2D eigenvalue weighted by Gasteiger charge is -2.39. The third-order valence-corrected chi connectivity index (χ3v) is 4.26. The normalized spacial score (nSPS) is 33.7. The highest BCUT2D eigenvalue weighted by atomic mass is 32.3. The molecule has 3 rings (SSSR count). The van der Waals surface area contributed by atoms with Gasteiger partial charge in [-0.2, -0.15) is 0 Å². The highest BCUT2D eigenvalue weighted by Crippen LogP contribution is 2.34. The Kier molecular flexibility index (Phi) is 4.97. The van der Waals surface area contributed by atoms with Gasteiger partial charge in [-0.1, -0.05) is 30.3 Å². The maximum atomic E-state index is 10.9. The van der Waals surface area contributed by atoms with Crippen molar-refractivity contribution in [2.45, 2.75) is 37.3 Å². The van der Waals surface area contributed by atoms with Crippen LogP contribution in [0.3, 0.4) is 0 Å². The summed E-state index contributed by atoms with van der Waals surface area (Å²) in [7, 11) is -3.54. The fraction of sp³-hybridized carbons (Fsp3) is 0.571. The summed E-state index contributed by atoms with van der Waals surface area (Å²) in [5.74, 6) is 0. The second-order valence-corrected chi connectivity index (χ2v) is 6.32. The fourth-order valence-electron chi connectivity index (χ4n) is 2.81. The Balaban J connectivity index is 1.75. The maximum absolute atomic E-state index is 10.9. The van der Waals surface area contributed by atoms with Gasteiger partial charge in [0.25, 0.3) is 0 Å². The van der Waals surface area contributed by atoms with Crippen LogP contribution in [0.5, 0.6) is 0 Å². The van der Waals surface area contributed by atoms with Gasteiger partial charge in [0.15, 0.2) is 12.4 Å². The van der Waals surface area contributed by atoms with Gasteiger partial charge in [-0.05, 0) is 5.56 Å². The zero-order valence-corrected chi connectivity index (χ0v) is 13.2. The number of methoxy groups -OCH3 is 1. The number of hydrogen-bond acceptors (Lipinski definition) is 8. The molecule has 0 amide bonds. The van der Waals surface area contributed by atoms with Crippen LogP contribution >= 0.6 is 0 Å². The molecule has 9 heteroatoms. The molecule has 2 saturated heterocycles. The van der Waals surface area contributed by atoms with E-state index in [1.807, 2.05) is 30.3 Å². The van der Waals surface area contributed by atoms with Crippen molar-refractivity contribution in [1.82, 2.24) is 0 Å². The van der Waals surface area contributed by atoms with E-state index in [0.29, 0.717) is 0 Å². The van der Waals surface area contributed by atoms with Gasteiger partial charge in [0.1, 0.15) is 18.3 Å². The van der Waals surface area contributed by atoms with E-state index in [1.165, 1.54) is 7.11 Å². The van der Waals surface area contributed by atoms with Crippen LogP contribution in [0.1, 0.15) is 5.56 Å². The molecule has 2 heterocycles. The molecular formula is C14H17O8S-. The van der Waals surface area contributed by atoms with E-state index in [1.54, 1.807) is 0 Å². The standard InChI is InChI=1S/C14H18O8S/c1-18-12-11(19-7-9-5-3-2-4-6-9)10-8-20-14(21-10)13(12)22-23(15,16)17/h2-6,10-14H,7-8H2,1H3,(H,15,16,17)/p-1. The molecule has 128 valence electrons. The summed E-state index contributed by atoms with van der Waals surface area (Å²) in [6.07, 6.45) is -4.01. The molecule has 2 aliphatic rings. The van der Waals surface area contributed by atoms with Crippen LogP contribution in [-0.2, 0) is 40.1 Å². The van der Waals surface area contributed by atoms with E-state index >= 15 is 0 Å². The number of benzene rings is 1. The van der Waals surface area contributed by atoms with Gasteiger partial charge < -0.3 is 23.5 Å². The lowest BCUT2D eigenvalue weighted by molar-refractivity contribution is -0.240. The Morgan fingerprint density at radius 3 is 2.61 bits per heavy atom. The molecule has 2 fully saturated rings. The molecule has 0 aliphatic carbocycles. The van der Waals surface area contributed by atoms with Crippen molar-refractivity contribution in [2.75, 3.05) is 13.7 Å². The summed E-state index contributed by atoms with van der Waals surface area (Å²) in [5, 5.41) is 0. The van der Waals surface area contributed by atoms with Crippen LogP contribution < -0.4 is 0 Å². The lowest BCUT2D eigenvalue weighted by atomic mass is 10.0. The van der Waals surface area contributed by atoms with E-state index < -0.39 is 41.1 Å². The molecule has 2 aliphatic heterocycles. The molecule has 0 radical (unpaired) electrons. The van der Waals surface area contributed by atoms with Gasteiger partial charge in [0.05, 0.1) is 13.2 Å². The lowest BCUT2D eigenvalue weighted by Crippen LogP contribution is -2.57. The number of rotatable bonds is 6. The summed E-state index contributed by atoms with van der Waals surface area (Å²) in [4.78, 5) is 0. The van der Waals surface area contributed by atoms with E-state index in [-0.39, 0.29) is 13.2 Å². The van der Waals surface area contributed by atoms with Crippen LogP contribution in [0.25, 0.3) is 0 Å². The van der Waals surface area contributed by atoms with Crippen molar-refractivity contribution in [3.8, 4) is 0 Å². The molecule has 0 saturated carbocycles. The Hall–Kier alpha value is -1.07. The zero-order chi connectivity index (χ0) is 16.4. The number of fused-ring (bicyclic) bond motifs is 2. The summed E-state index contributed by atoms with van der Waals surface area (Å²) in [6, 6.07) is 9.46. The largest absolute Gasteiger partial charge is 0.726 e. The minimum absolute atomic E-state index is 0.211. The smallest absolute Gasteiger partial charge is 0.218 e. The van der Waals surface area contributed by atoms with Gasteiger partial charge in [-0.25, -0.2) is 8.42 Å². The van der Waals surface area contributed by atoms with E-state index in [0.717, 1.165) is 5.56 Å². The first kappa shape index (κ1) is 16.8. The molecule has 23 heavy (non-hydrogen) atoms. The number of ether oxygens (including phenoxy) is 4. The quantitative estimate of drug-likeness (QED) is 0.532. The second kappa shape index (κ2) is 6.81. The minimum atomic E-state index is -4.93. The highest BCUT2D eigenvalue weighted by molar-refractivity contribution is 7.80. The molecule has 2 bridgehead atoms. The van der Waals surface area contributed by atoms with Crippen molar-refractivity contribution in [1.29, 1.82) is 0 Å². The Morgan fingerprint density at radius 2 is 1.96 bits per heavy atom. The average Bonchev–Trinajstić information content (AvgIpc) is 2.94. The number of hydrogen-bond donors (Lipinski definition) is 0. The highest BCUT2D eigenvalue weighted by Gasteiger charge is 2.53. The summed E-state index contributed by atoms with van der Waals surface area (Å²) in [6.45, 7) is 0.496. The summed E-state index contributed by atoms with van der Waals surface area (Å²) >= 11 is 0. The third-order valence-electron chi connectivity index (χ3n) is 3.80. The average molecular weight is 345 g/mol. The molecule has 5 atom stereocenters. The van der Waals surface area contributed by atoms with Crippen LogP contribution in [0.15, 0.2) is 30.3 Å². The van der Waals surface area contributed by atoms with Crippen LogP contribution in [0, 0.1) is 0 Å². The van der Waals surface area contributed by atoms with Crippen LogP contribution in [0.4, 0.5) is 0 Å². The molecule has 0 spiro atoms. The predicted molar refractivity (Wildman–Crippen MR) is 75.0 cm³/mol. The van der Waals surface area contributed by atoms with Crippen molar-refractivity contribution >= 4 is 10.4 Å². The minimum Gasteiger partial charge on any atom is -0.726 e. The predicted octanol–water partition coefficient (Wildman–Crippen LogP) is 0.187. The SMILES string of the molecule is COC1C(OCc2ccccc2)C2COC(O2)C1OS(=O)(=O)[O-]. The van der Waals surface area contributed by atoms with Crippen molar-refractivity contribution in [3.63, 3.8) is 0 Å². The maximum Gasteiger partial charge on any atom is 0.218 e. The zero-order valence-electron chi connectivity index (χ0n) is 12.4. The van der Waals surface area contributed by atoms with Gasteiger partial charge in [-0.3, -0.25) is 4.18 Å². The second-order valence-electron chi connectivity index (χ2n) is 5.31. The Labute approximate surface area is 134 Å². The topological polar surface area (TPSA) is 103 Å². The van der Waals surface area contributed by atoms with E-state index in [4.69, 9.17) is 18.9 Å². The molecule has 0 aromatic heterocycles. The molecule has 1 aromatic carbocycles. The van der Waals surface area contributed by atoms with Gasteiger partial charge in [-0.15, -0.1) is 0 Å². The fourth-order valence-corrected chi connectivity index (χ4v) is 3.28. The molecule has 1 aromatic rings. The molecular weight excluding hydrogens is 328 g/mol. The van der Waals surface area contributed by atoms with Crippen LogP contribution in [-0.4, -0.2) is 57.4 Å². The first-order valence-corrected chi connectivity index (χ1v) is 8.41. The Bertz CT molecular complexity index is 619. The molecule has 8 nitrogen and oxygen atoms in total. The first-order valence-electron chi connectivity index (χ1n) is 7.07. The monoisotopic (exact) mass is 345 g/mol. The molecule has 5 unspecified atom stereocenters. The Morgan fingerprint density at radius 1 is 1.22 bits per heavy atom. The van der Waals surface area contributed by atoms with Crippen molar-refractivity contribution < 1.29 is 36.1 Å². The van der Waals surface area contributed by atoms with E-state index in [2.05, 4.69) is 4.18 Å². The summed E-state index contributed by atoms with van der Waals surface area (Å²) in [5.41, 5.74) is 0.942. The van der Waals surface area contributed by atoms with Crippen molar-refractivity contribution in [3.05, 3.63) is 35.9 Å². The molecule has 0 N–H and O–H groups in total. The summed E-state index contributed by atoms with van der Waals surface area (Å²) < 4.78 is 59.4. The van der Waals surface area contributed by atoms with Gasteiger partial charge in [0.2, 0.25) is 10.4 Å². The van der Waals surface area contributed by atoms with Gasteiger partial charge in [0, 0.05) is 7.11 Å². The van der Waals surface area contributed by atoms with E-state index in [9.17, 15) is 13.0 Å². The third kappa shape index (κ3) is 3.89. The van der Waals surface area contributed by atoms with Gasteiger partial charge >= 0.3 is 0 Å². The first-order chi connectivity index (χ1) is 11.0.